The van der Waals surface area contributed by atoms with Gasteiger partial charge in [-0.3, -0.25) is 0 Å². The summed E-state index contributed by atoms with van der Waals surface area (Å²) in [5.74, 6) is 1.51. The molecule has 2 aromatic carbocycles. The molecule has 0 fully saturated rings. The van der Waals surface area contributed by atoms with Gasteiger partial charge in [-0.1, -0.05) is 32.0 Å². The van der Waals surface area contributed by atoms with Gasteiger partial charge in [-0.25, -0.2) is 4.98 Å². The van der Waals surface area contributed by atoms with Gasteiger partial charge >= 0.3 is 0 Å². The van der Waals surface area contributed by atoms with Crippen molar-refractivity contribution in [2.75, 3.05) is 31.1 Å². The number of aromatic nitrogens is 2. The molecule has 1 heterocycles. The number of hydrogen-bond donors (Lipinski definition) is 2. The maximum absolute atomic E-state index is 9.52. The summed E-state index contributed by atoms with van der Waals surface area (Å²) in [4.78, 5) is 8.98. The zero-order valence-electron chi connectivity index (χ0n) is 19.1. The average molecular weight is 480 g/mol. The maximum atomic E-state index is 9.52. The Hall–Kier alpha value is -2.87. The summed E-state index contributed by atoms with van der Waals surface area (Å²) < 4.78 is 5.39. The molecule has 0 radical (unpaired) electrons. The molecule has 0 atom stereocenters. The lowest BCUT2D eigenvalue weighted by molar-refractivity contribution is 0.414. The van der Waals surface area contributed by atoms with Crippen molar-refractivity contribution in [2.24, 2.45) is 0 Å². The molecule has 0 amide bonds. The molecule has 1 aromatic heterocycles. The van der Waals surface area contributed by atoms with Crippen LogP contribution in [0, 0.1) is 11.3 Å². The minimum Gasteiger partial charge on any atom is -0.495 e. The Morgan fingerprint density at radius 2 is 1.85 bits per heavy atom. The molecule has 1 aliphatic rings. The molecule has 0 aliphatic heterocycles. The molecule has 0 saturated carbocycles. The minimum absolute atomic E-state index is 0.402. The summed E-state index contributed by atoms with van der Waals surface area (Å²) in [6, 6.07) is 12.4. The van der Waals surface area contributed by atoms with E-state index >= 15 is 0 Å². The van der Waals surface area contributed by atoms with Crippen LogP contribution in [0.4, 0.5) is 23.1 Å². The molecule has 0 bridgehead atoms. The third-order valence-corrected chi connectivity index (χ3v) is 7.38. The lowest BCUT2D eigenvalue weighted by Crippen LogP contribution is -2.11. The molecule has 0 spiro atoms. The Morgan fingerprint density at radius 1 is 1.06 bits per heavy atom. The summed E-state index contributed by atoms with van der Waals surface area (Å²) >= 11 is 6.43. The quantitative estimate of drug-likeness (QED) is 0.326. The number of benzene rings is 2. The van der Waals surface area contributed by atoms with Crippen LogP contribution in [0.15, 0.2) is 36.5 Å². The number of anilines is 4. The second-order valence-corrected chi connectivity index (χ2v) is 10.9. The molecule has 4 rings (SSSR count). The predicted octanol–water partition coefficient (Wildman–Crippen LogP) is 6.13. The number of nitrogens with zero attached hydrogens (tertiary/aromatic N) is 3. The van der Waals surface area contributed by atoms with E-state index in [2.05, 4.69) is 58.2 Å². The summed E-state index contributed by atoms with van der Waals surface area (Å²) in [6.45, 7) is 4.29. The van der Waals surface area contributed by atoms with Crippen molar-refractivity contribution in [2.45, 2.75) is 32.1 Å². The van der Waals surface area contributed by atoms with Crippen molar-refractivity contribution in [3.8, 4) is 11.8 Å². The number of rotatable bonds is 6. The van der Waals surface area contributed by atoms with Gasteiger partial charge in [0, 0.05) is 16.7 Å². The van der Waals surface area contributed by atoms with Crippen molar-refractivity contribution in [3.05, 3.63) is 58.2 Å². The Morgan fingerprint density at radius 3 is 2.58 bits per heavy atom. The van der Waals surface area contributed by atoms with Crippen LogP contribution in [0.1, 0.15) is 36.0 Å². The van der Waals surface area contributed by atoms with Crippen LogP contribution in [0.5, 0.6) is 5.75 Å². The van der Waals surface area contributed by atoms with Crippen molar-refractivity contribution in [1.29, 1.82) is 5.26 Å². The topological polar surface area (TPSA) is 82.9 Å². The SMILES string of the molecule is COc1cc(P(C)C)c(Nc2nc(Nc3ccc4c(c3)CCCCC4)ncc2Cl)cc1C#N. The van der Waals surface area contributed by atoms with Gasteiger partial charge < -0.3 is 15.4 Å². The monoisotopic (exact) mass is 479 g/mol. The lowest BCUT2D eigenvalue weighted by Gasteiger charge is -2.18. The van der Waals surface area contributed by atoms with Gasteiger partial charge in [0.1, 0.15) is 16.8 Å². The number of nitrogens with one attached hydrogen (secondary N) is 2. The van der Waals surface area contributed by atoms with E-state index in [1.165, 1.54) is 30.4 Å². The second-order valence-electron chi connectivity index (χ2n) is 8.26. The first-order valence-electron chi connectivity index (χ1n) is 11.0. The highest BCUT2D eigenvalue weighted by Gasteiger charge is 2.16. The van der Waals surface area contributed by atoms with Crippen molar-refractivity contribution >= 4 is 48.0 Å². The summed E-state index contributed by atoms with van der Waals surface area (Å²) in [5.41, 5.74) is 5.05. The van der Waals surface area contributed by atoms with E-state index in [4.69, 9.17) is 16.3 Å². The van der Waals surface area contributed by atoms with Crippen LogP contribution in [0.25, 0.3) is 0 Å². The average Bonchev–Trinajstić information content (AvgIpc) is 3.05. The maximum Gasteiger partial charge on any atom is 0.229 e. The smallest absolute Gasteiger partial charge is 0.229 e. The van der Waals surface area contributed by atoms with E-state index in [1.807, 2.05) is 6.07 Å². The van der Waals surface area contributed by atoms with Gasteiger partial charge in [0.25, 0.3) is 0 Å². The van der Waals surface area contributed by atoms with Crippen molar-refractivity contribution < 1.29 is 4.74 Å². The molecule has 1 aliphatic carbocycles. The third kappa shape index (κ3) is 5.38. The standard InChI is InChI=1S/C25H27ClN5OP/c1-32-22-13-23(33(2)3)21(12-18(22)14-27)30-24-20(26)15-28-25(31-24)29-19-10-9-16-7-5-4-6-8-17(16)11-19/h9-13,15H,4-8H2,1-3H3,(H2,28,29,30,31). The normalized spacial score (nSPS) is 13.1. The van der Waals surface area contributed by atoms with Crippen LogP contribution >= 0.6 is 19.5 Å². The molecule has 6 nitrogen and oxygen atoms in total. The van der Waals surface area contributed by atoms with Gasteiger partial charge in [-0.15, -0.1) is 0 Å². The van der Waals surface area contributed by atoms with Gasteiger partial charge in [0.15, 0.2) is 5.82 Å². The van der Waals surface area contributed by atoms with Gasteiger partial charge in [0.05, 0.1) is 18.9 Å². The highest BCUT2D eigenvalue weighted by molar-refractivity contribution is 7.64. The molecule has 8 heteroatoms. The minimum atomic E-state index is -0.470. The predicted molar refractivity (Wildman–Crippen MR) is 137 cm³/mol. The summed E-state index contributed by atoms with van der Waals surface area (Å²) in [7, 11) is 1.10. The fraction of sp³-hybridized carbons (Fsp3) is 0.320. The first-order valence-corrected chi connectivity index (χ1v) is 13.6. The van der Waals surface area contributed by atoms with E-state index in [9.17, 15) is 5.26 Å². The van der Waals surface area contributed by atoms with E-state index in [-0.39, 0.29) is 0 Å². The molecule has 0 unspecified atom stereocenters. The second kappa shape index (κ2) is 10.4. The zero-order chi connectivity index (χ0) is 23.4. The Labute approximate surface area is 201 Å². The molecule has 2 N–H and O–H groups in total. The highest BCUT2D eigenvalue weighted by Crippen LogP contribution is 2.35. The Bertz CT molecular complexity index is 1210. The van der Waals surface area contributed by atoms with Crippen molar-refractivity contribution in [1.82, 2.24) is 9.97 Å². The fourth-order valence-electron chi connectivity index (χ4n) is 4.06. The van der Waals surface area contributed by atoms with Crippen LogP contribution in [0.3, 0.4) is 0 Å². The number of methoxy groups -OCH3 is 1. The number of halogens is 1. The summed E-state index contributed by atoms with van der Waals surface area (Å²) in [5, 5.41) is 17.6. The molecule has 0 saturated heterocycles. The first-order chi connectivity index (χ1) is 16.0. The number of ether oxygens (including phenoxy) is 1. The van der Waals surface area contributed by atoms with Gasteiger partial charge in [0.2, 0.25) is 5.95 Å². The van der Waals surface area contributed by atoms with Crippen LogP contribution < -0.4 is 20.7 Å². The van der Waals surface area contributed by atoms with Gasteiger partial charge in [-0.2, -0.15) is 10.2 Å². The van der Waals surface area contributed by atoms with E-state index in [1.54, 1.807) is 19.4 Å². The number of nitriles is 1. The van der Waals surface area contributed by atoms with Crippen LogP contribution in [-0.2, 0) is 12.8 Å². The molecule has 3 aromatic rings. The number of aryl methyl sites for hydroxylation is 2. The van der Waals surface area contributed by atoms with E-state index < -0.39 is 7.92 Å². The Kier molecular flexibility index (Phi) is 7.33. The number of fused-ring (bicyclic) bond motifs is 1. The third-order valence-electron chi connectivity index (χ3n) is 5.77. The largest absolute Gasteiger partial charge is 0.495 e. The number of hydrogen-bond acceptors (Lipinski definition) is 6. The molecular formula is C25H27ClN5OP. The van der Waals surface area contributed by atoms with Crippen LogP contribution in [0.2, 0.25) is 5.02 Å². The highest BCUT2D eigenvalue weighted by atomic mass is 35.5. The van der Waals surface area contributed by atoms with Crippen molar-refractivity contribution in [3.63, 3.8) is 0 Å². The molecular weight excluding hydrogens is 453 g/mol. The molecule has 170 valence electrons. The van der Waals surface area contributed by atoms with Crippen LogP contribution in [-0.4, -0.2) is 30.4 Å². The van der Waals surface area contributed by atoms with E-state index in [0.717, 1.165) is 29.5 Å². The summed E-state index contributed by atoms with van der Waals surface area (Å²) in [6.07, 6.45) is 7.61. The lowest BCUT2D eigenvalue weighted by atomic mass is 10.0. The first kappa shape index (κ1) is 23.3. The Balaban J connectivity index is 1.62. The fourth-order valence-corrected chi connectivity index (χ4v) is 5.17. The van der Waals surface area contributed by atoms with E-state index in [0.29, 0.717) is 28.1 Å². The molecule has 33 heavy (non-hydrogen) atoms. The zero-order valence-corrected chi connectivity index (χ0v) is 20.7. The van der Waals surface area contributed by atoms with Gasteiger partial charge in [-0.05, 0) is 74.4 Å².